The molecule has 0 fully saturated rings. The van der Waals surface area contributed by atoms with Crippen LogP contribution >= 0.6 is 0 Å². The first-order valence-electron chi connectivity index (χ1n) is 11.4. The van der Waals surface area contributed by atoms with E-state index in [1.807, 2.05) is 25.1 Å². The molecule has 2 atom stereocenters. The zero-order valence-corrected chi connectivity index (χ0v) is 21.1. The molecule has 0 aromatic heterocycles. The fraction of sp³-hybridized carbons (Fsp3) is 0.600. The molecule has 0 amide bonds. The number of ether oxygens (including phenoxy) is 6. The number of rotatable bonds is 15. The molecule has 0 spiro atoms. The van der Waals surface area contributed by atoms with E-state index in [0.29, 0.717) is 6.42 Å². The average molecular weight is 497 g/mol. The summed E-state index contributed by atoms with van der Waals surface area (Å²) >= 11 is 0. The van der Waals surface area contributed by atoms with Crippen LogP contribution in [0.25, 0.3) is 0 Å². The molecule has 0 radical (unpaired) electrons. The molecule has 1 aromatic carbocycles. The van der Waals surface area contributed by atoms with Crippen LogP contribution in [-0.2, 0) is 49.4 Å². The number of hydrogen-bond donors (Lipinski definition) is 0. The molecule has 0 saturated heterocycles. The second kappa shape index (κ2) is 15.0. The summed E-state index contributed by atoms with van der Waals surface area (Å²) in [5.41, 5.74) is -1.95. The van der Waals surface area contributed by atoms with Gasteiger partial charge in [-0.25, -0.2) is 4.79 Å². The van der Waals surface area contributed by atoms with Crippen LogP contribution in [0.15, 0.2) is 30.3 Å². The summed E-state index contributed by atoms with van der Waals surface area (Å²) in [5, 5.41) is 0. The minimum Gasteiger partial charge on any atom is -0.465 e. The highest BCUT2D eigenvalue weighted by atomic mass is 16.7. The Morgan fingerprint density at radius 3 is 1.83 bits per heavy atom. The second-order valence-electron chi connectivity index (χ2n) is 8.57. The van der Waals surface area contributed by atoms with Gasteiger partial charge >= 0.3 is 24.1 Å². The fourth-order valence-electron chi connectivity index (χ4n) is 2.83. The molecule has 0 aliphatic carbocycles. The molecule has 0 bridgehead atoms. The van der Waals surface area contributed by atoms with Crippen molar-refractivity contribution in [3.63, 3.8) is 0 Å². The lowest BCUT2D eigenvalue weighted by molar-refractivity contribution is -0.167. The van der Waals surface area contributed by atoms with E-state index >= 15 is 0 Å². The molecule has 0 aliphatic heterocycles. The highest BCUT2D eigenvalue weighted by molar-refractivity contribution is 5.78. The van der Waals surface area contributed by atoms with Crippen LogP contribution in [-0.4, -0.2) is 64.2 Å². The van der Waals surface area contributed by atoms with Gasteiger partial charge in [0, 0.05) is 13.5 Å². The largest absolute Gasteiger partial charge is 0.508 e. The van der Waals surface area contributed by atoms with E-state index in [-0.39, 0.29) is 39.5 Å². The van der Waals surface area contributed by atoms with Crippen LogP contribution in [0.5, 0.6) is 0 Å². The number of carbonyl (C=O) groups is 4. The van der Waals surface area contributed by atoms with E-state index in [9.17, 15) is 19.2 Å². The van der Waals surface area contributed by atoms with E-state index in [4.69, 9.17) is 28.4 Å². The lowest BCUT2D eigenvalue weighted by atomic mass is 9.93. The Morgan fingerprint density at radius 1 is 0.743 bits per heavy atom. The number of benzene rings is 1. The van der Waals surface area contributed by atoms with Crippen molar-refractivity contribution in [1.82, 2.24) is 0 Å². The van der Waals surface area contributed by atoms with Gasteiger partial charge in [-0.15, -0.1) is 0 Å². The summed E-state index contributed by atoms with van der Waals surface area (Å²) in [5.74, 6) is -1.79. The molecule has 0 aliphatic rings. The van der Waals surface area contributed by atoms with Gasteiger partial charge in [0.2, 0.25) is 0 Å². The monoisotopic (exact) mass is 496 g/mol. The molecule has 10 heteroatoms. The first kappa shape index (κ1) is 29.9. The average Bonchev–Trinajstić information content (AvgIpc) is 2.84. The Labute approximate surface area is 206 Å². The molecule has 10 nitrogen and oxygen atoms in total. The zero-order valence-electron chi connectivity index (χ0n) is 21.1. The van der Waals surface area contributed by atoms with Gasteiger partial charge in [0.25, 0.3) is 0 Å². The maximum atomic E-state index is 12.9. The molecule has 1 aromatic rings. The first-order valence-corrected chi connectivity index (χ1v) is 11.4. The molecule has 0 heterocycles. The SMILES string of the molecule is CCCC(=O)OCC(C)(COC(=O)OCC(C)(COC)C(=O)OCC)C(=O)OCc1ccccc1. The van der Waals surface area contributed by atoms with E-state index in [2.05, 4.69) is 0 Å². The van der Waals surface area contributed by atoms with Gasteiger partial charge in [-0.1, -0.05) is 37.3 Å². The molecule has 0 N–H and O–H groups in total. The van der Waals surface area contributed by atoms with E-state index in [0.717, 1.165) is 5.56 Å². The second-order valence-corrected chi connectivity index (χ2v) is 8.57. The number of carbonyl (C=O) groups excluding carboxylic acids is 4. The predicted octanol–water partition coefficient (Wildman–Crippen LogP) is 3.45. The van der Waals surface area contributed by atoms with Gasteiger partial charge in [-0.05, 0) is 32.8 Å². The first-order chi connectivity index (χ1) is 16.6. The fourth-order valence-corrected chi connectivity index (χ4v) is 2.83. The minimum absolute atomic E-state index is 0.00245. The third-order valence-electron chi connectivity index (χ3n) is 4.96. The van der Waals surface area contributed by atoms with Crippen LogP contribution in [0.1, 0.15) is 46.1 Å². The van der Waals surface area contributed by atoms with Crippen molar-refractivity contribution in [2.75, 3.05) is 40.1 Å². The maximum absolute atomic E-state index is 12.9. The summed E-state index contributed by atoms with van der Waals surface area (Å²) in [4.78, 5) is 49.2. The van der Waals surface area contributed by atoms with E-state index in [1.165, 1.54) is 21.0 Å². The van der Waals surface area contributed by atoms with Crippen molar-refractivity contribution in [3.05, 3.63) is 35.9 Å². The molecule has 196 valence electrons. The lowest BCUT2D eigenvalue weighted by Gasteiger charge is -2.27. The van der Waals surface area contributed by atoms with Crippen molar-refractivity contribution < 1.29 is 47.6 Å². The summed E-state index contributed by atoms with van der Waals surface area (Å²) in [6.45, 7) is 5.39. The van der Waals surface area contributed by atoms with Gasteiger partial charge in [0.1, 0.15) is 37.3 Å². The summed E-state index contributed by atoms with van der Waals surface area (Å²) in [6, 6.07) is 9.03. The van der Waals surface area contributed by atoms with Crippen LogP contribution in [0, 0.1) is 10.8 Å². The zero-order chi connectivity index (χ0) is 26.3. The number of hydrogen-bond acceptors (Lipinski definition) is 10. The summed E-state index contributed by atoms with van der Waals surface area (Å²) < 4.78 is 30.9. The Bertz CT molecular complexity index is 825. The van der Waals surface area contributed by atoms with Crippen molar-refractivity contribution in [2.24, 2.45) is 10.8 Å². The Hall–Kier alpha value is -3.14. The summed E-state index contributed by atoms with van der Waals surface area (Å²) in [7, 11) is 1.40. The van der Waals surface area contributed by atoms with Gasteiger partial charge in [-0.3, -0.25) is 14.4 Å². The van der Waals surface area contributed by atoms with Gasteiger partial charge in [0.15, 0.2) is 0 Å². The van der Waals surface area contributed by atoms with Gasteiger partial charge < -0.3 is 28.4 Å². The molecule has 35 heavy (non-hydrogen) atoms. The van der Waals surface area contributed by atoms with Gasteiger partial charge in [0.05, 0.1) is 13.2 Å². The number of methoxy groups -OCH3 is 1. The molecule has 2 unspecified atom stereocenters. The van der Waals surface area contributed by atoms with Crippen LogP contribution < -0.4 is 0 Å². The standard InChI is InChI=1S/C25H36O10/c1-6-11-20(26)33-16-25(4,22(28)32-14-19-12-9-8-10-13-19)18-35-23(29)34-17-24(3,15-30-5)21(27)31-7-2/h8-10,12-13H,6-7,11,14-18H2,1-5H3. The normalized spacial score (nSPS) is 14.1. The molecular weight excluding hydrogens is 460 g/mol. The predicted molar refractivity (Wildman–Crippen MR) is 124 cm³/mol. The highest BCUT2D eigenvalue weighted by Crippen LogP contribution is 2.23. The van der Waals surface area contributed by atoms with Crippen molar-refractivity contribution in [1.29, 1.82) is 0 Å². The molecular formula is C25H36O10. The smallest absolute Gasteiger partial charge is 0.465 e. The molecule has 1 rings (SSSR count). The van der Waals surface area contributed by atoms with Crippen LogP contribution in [0.3, 0.4) is 0 Å². The minimum atomic E-state index is -1.48. The third kappa shape index (κ3) is 10.3. The third-order valence-corrected chi connectivity index (χ3v) is 4.96. The molecule has 0 saturated carbocycles. The highest BCUT2D eigenvalue weighted by Gasteiger charge is 2.40. The Kier molecular flexibility index (Phi) is 12.8. The Morgan fingerprint density at radius 2 is 1.29 bits per heavy atom. The lowest BCUT2D eigenvalue weighted by Crippen LogP contribution is -2.42. The van der Waals surface area contributed by atoms with Crippen LogP contribution in [0.2, 0.25) is 0 Å². The van der Waals surface area contributed by atoms with Gasteiger partial charge in [-0.2, -0.15) is 0 Å². The summed E-state index contributed by atoms with van der Waals surface area (Å²) in [6.07, 6.45) is -0.347. The van der Waals surface area contributed by atoms with Crippen molar-refractivity contribution in [3.8, 4) is 0 Å². The Balaban J connectivity index is 2.80. The van der Waals surface area contributed by atoms with E-state index in [1.54, 1.807) is 19.1 Å². The maximum Gasteiger partial charge on any atom is 0.508 e. The number of esters is 3. The van der Waals surface area contributed by atoms with Crippen molar-refractivity contribution >= 4 is 24.1 Å². The quantitative estimate of drug-likeness (QED) is 0.263. The van der Waals surface area contributed by atoms with Crippen LogP contribution in [0.4, 0.5) is 4.79 Å². The van der Waals surface area contributed by atoms with E-state index < -0.39 is 41.5 Å². The van der Waals surface area contributed by atoms with Crippen molar-refractivity contribution in [2.45, 2.75) is 47.1 Å². The topological polar surface area (TPSA) is 124 Å².